The van der Waals surface area contributed by atoms with Gasteiger partial charge in [-0.05, 0) is 36.6 Å². The lowest BCUT2D eigenvalue weighted by Gasteiger charge is -2.15. The smallest absolute Gasteiger partial charge is 0.176 e. The van der Waals surface area contributed by atoms with E-state index in [2.05, 4.69) is 4.98 Å². The average Bonchev–Trinajstić information content (AvgIpc) is 3.21. The number of halogens is 1. The summed E-state index contributed by atoms with van der Waals surface area (Å²) < 4.78 is 13.7. The van der Waals surface area contributed by atoms with E-state index >= 15 is 0 Å². The molecule has 1 saturated carbocycles. The zero-order chi connectivity index (χ0) is 13.5. The van der Waals surface area contributed by atoms with E-state index in [0.717, 1.165) is 24.6 Å². The third-order valence-electron chi connectivity index (χ3n) is 3.66. The summed E-state index contributed by atoms with van der Waals surface area (Å²) in [6.07, 6.45) is 4.01. The van der Waals surface area contributed by atoms with E-state index in [-0.39, 0.29) is 11.3 Å². The molecule has 1 fully saturated rings. The lowest BCUT2D eigenvalue weighted by atomic mass is 9.87. The van der Waals surface area contributed by atoms with Crippen LogP contribution < -0.4 is 5.73 Å². The summed E-state index contributed by atoms with van der Waals surface area (Å²) in [4.78, 5) is 16.2. The van der Waals surface area contributed by atoms with Crippen LogP contribution in [-0.4, -0.2) is 10.8 Å². The second-order valence-electron chi connectivity index (χ2n) is 4.89. The number of hydrogen-bond acceptors (Lipinski definition) is 3. The normalized spacial score (nSPS) is 16.1. The number of carbonyl (C=O) groups excluding carboxylic acids is 1. The van der Waals surface area contributed by atoms with Crippen molar-refractivity contribution in [2.75, 3.05) is 5.73 Å². The maximum atomic E-state index is 13.7. The number of rotatable bonds is 3. The fourth-order valence-electron chi connectivity index (χ4n) is 2.39. The summed E-state index contributed by atoms with van der Waals surface area (Å²) in [5, 5.41) is 0. The quantitative estimate of drug-likeness (QED) is 0.678. The number of benzene rings is 1. The predicted octanol–water partition coefficient (Wildman–Crippen LogP) is 2.72. The van der Waals surface area contributed by atoms with E-state index in [1.54, 1.807) is 12.1 Å². The molecule has 3 nitrogen and oxygen atoms in total. The van der Waals surface area contributed by atoms with Gasteiger partial charge in [-0.15, -0.1) is 0 Å². The van der Waals surface area contributed by atoms with E-state index in [0.29, 0.717) is 5.69 Å². The molecule has 2 aromatic rings. The molecule has 1 aromatic carbocycles. The Bertz CT molecular complexity index is 633. The Morgan fingerprint density at radius 1 is 1.21 bits per heavy atom. The van der Waals surface area contributed by atoms with Crippen LogP contribution in [0.5, 0.6) is 0 Å². The van der Waals surface area contributed by atoms with Crippen molar-refractivity contribution in [3.05, 3.63) is 59.7 Å². The molecule has 3 rings (SSSR count). The van der Waals surface area contributed by atoms with Crippen LogP contribution in [0.1, 0.15) is 28.8 Å². The van der Waals surface area contributed by atoms with Crippen molar-refractivity contribution < 1.29 is 9.18 Å². The number of nitrogens with zero attached hydrogens (tertiary/aromatic N) is 1. The van der Waals surface area contributed by atoms with Gasteiger partial charge in [0.2, 0.25) is 0 Å². The number of nitrogen functional groups attached to an aromatic ring is 1. The van der Waals surface area contributed by atoms with E-state index in [1.807, 2.05) is 12.1 Å². The first kappa shape index (κ1) is 11.8. The highest BCUT2D eigenvalue weighted by molar-refractivity contribution is 6.06. The van der Waals surface area contributed by atoms with E-state index in [9.17, 15) is 9.18 Å². The number of ketones is 1. The Balaban J connectivity index is 2.00. The first-order valence-corrected chi connectivity index (χ1v) is 6.14. The van der Waals surface area contributed by atoms with Crippen LogP contribution in [0.2, 0.25) is 0 Å². The second-order valence-corrected chi connectivity index (χ2v) is 4.89. The fraction of sp³-hybridized carbons (Fsp3) is 0.200. The van der Waals surface area contributed by atoms with Gasteiger partial charge >= 0.3 is 0 Å². The molecule has 1 heterocycles. The van der Waals surface area contributed by atoms with Gasteiger partial charge in [-0.25, -0.2) is 4.39 Å². The Morgan fingerprint density at radius 3 is 2.47 bits per heavy atom. The van der Waals surface area contributed by atoms with Gasteiger partial charge in [-0.2, -0.15) is 0 Å². The first-order valence-electron chi connectivity index (χ1n) is 6.14. The van der Waals surface area contributed by atoms with Gasteiger partial charge in [-0.1, -0.05) is 12.1 Å². The number of anilines is 1. The minimum Gasteiger partial charge on any atom is -0.399 e. The zero-order valence-corrected chi connectivity index (χ0v) is 10.3. The molecule has 0 saturated heterocycles. The van der Waals surface area contributed by atoms with E-state index in [4.69, 9.17) is 5.73 Å². The molecule has 1 aromatic heterocycles. The van der Waals surface area contributed by atoms with Crippen LogP contribution in [0.15, 0.2) is 42.7 Å². The molecule has 2 N–H and O–H groups in total. The van der Waals surface area contributed by atoms with Crippen molar-refractivity contribution in [2.45, 2.75) is 18.3 Å². The predicted molar refractivity (Wildman–Crippen MR) is 70.3 cm³/mol. The number of aromatic nitrogens is 1. The minimum absolute atomic E-state index is 0.115. The highest BCUT2D eigenvalue weighted by Gasteiger charge is 2.51. The van der Waals surface area contributed by atoms with Crippen molar-refractivity contribution >= 4 is 11.5 Å². The summed E-state index contributed by atoms with van der Waals surface area (Å²) in [6.45, 7) is 0. The number of pyridine rings is 1. The van der Waals surface area contributed by atoms with Crippen molar-refractivity contribution in [3.63, 3.8) is 0 Å². The van der Waals surface area contributed by atoms with Crippen LogP contribution in [0.4, 0.5) is 10.1 Å². The molecule has 19 heavy (non-hydrogen) atoms. The zero-order valence-electron chi connectivity index (χ0n) is 10.3. The van der Waals surface area contributed by atoms with Crippen molar-refractivity contribution in [3.8, 4) is 0 Å². The summed E-state index contributed by atoms with van der Waals surface area (Å²) >= 11 is 0. The second kappa shape index (κ2) is 4.16. The van der Waals surface area contributed by atoms with Gasteiger partial charge in [0, 0.05) is 11.9 Å². The van der Waals surface area contributed by atoms with Crippen LogP contribution in [0.25, 0.3) is 0 Å². The molecule has 0 aliphatic heterocycles. The molecule has 0 spiro atoms. The summed E-state index contributed by atoms with van der Waals surface area (Å²) in [6, 6.07) is 8.67. The Kier molecular flexibility index (Phi) is 2.59. The van der Waals surface area contributed by atoms with Gasteiger partial charge in [-0.3, -0.25) is 9.78 Å². The third kappa shape index (κ3) is 1.89. The summed E-state index contributed by atoms with van der Waals surface area (Å²) in [5.74, 6) is -0.730. The molecule has 96 valence electrons. The molecule has 1 aliphatic carbocycles. The molecule has 0 atom stereocenters. The van der Waals surface area contributed by atoms with Crippen LogP contribution in [0.3, 0.4) is 0 Å². The molecule has 4 heteroatoms. The van der Waals surface area contributed by atoms with Gasteiger partial charge in [0.25, 0.3) is 0 Å². The van der Waals surface area contributed by atoms with Crippen molar-refractivity contribution in [1.29, 1.82) is 0 Å². The summed E-state index contributed by atoms with van der Waals surface area (Å²) in [5.41, 5.74) is 6.75. The monoisotopic (exact) mass is 256 g/mol. The molecule has 0 bridgehead atoms. The molecule has 0 radical (unpaired) electrons. The minimum atomic E-state index is -0.574. The largest absolute Gasteiger partial charge is 0.399 e. The van der Waals surface area contributed by atoms with E-state index < -0.39 is 11.2 Å². The van der Waals surface area contributed by atoms with Crippen LogP contribution >= 0.6 is 0 Å². The van der Waals surface area contributed by atoms with Crippen molar-refractivity contribution in [1.82, 2.24) is 4.98 Å². The number of hydrogen-bond donors (Lipinski definition) is 1. The number of nitrogens with two attached hydrogens (primary N) is 1. The topological polar surface area (TPSA) is 56.0 Å². The van der Waals surface area contributed by atoms with Gasteiger partial charge in [0.05, 0.1) is 17.2 Å². The lowest BCUT2D eigenvalue weighted by molar-refractivity contribution is 0.0942. The molecule has 0 unspecified atom stereocenters. The number of carbonyl (C=O) groups is 1. The van der Waals surface area contributed by atoms with Crippen LogP contribution in [-0.2, 0) is 5.41 Å². The Labute approximate surface area is 110 Å². The highest BCUT2D eigenvalue weighted by Crippen LogP contribution is 2.50. The highest BCUT2D eigenvalue weighted by atomic mass is 19.1. The molecule has 0 amide bonds. The third-order valence-corrected chi connectivity index (χ3v) is 3.66. The van der Waals surface area contributed by atoms with Crippen molar-refractivity contribution in [2.24, 2.45) is 0 Å². The maximum absolute atomic E-state index is 13.7. The molecule has 1 aliphatic rings. The molecular weight excluding hydrogens is 243 g/mol. The maximum Gasteiger partial charge on any atom is 0.176 e. The fourth-order valence-corrected chi connectivity index (χ4v) is 2.39. The number of Topliss-reactive ketones (excluding diaryl/α,β-unsaturated/α-hetero) is 1. The van der Waals surface area contributed by atoms with Gasteiger partial charge in [0.1, 0.15) is 0 Å². The first-order chi connectivity index (χ1) is 9.13. The van der Waals surface area contributed by atoms with Gasteiger partial charge < -0.3 is 5.73 Å². The van der Waals surface area contributed by atoms with E-state index in [1.165, 1.54) is 12.3 Å². The van der Waals surface area contributed by atoms with Gasteiger partial charge in [0.15, 0.2) is 11.6 Å². The molecular formula is C15H13FN2O. The Hall–Kier alpha value is -2.23. The average molecular weight is 256 g/mol. The van der Waals surface area contributed by atoms with Crippen LogP contribution in [0, 0.1) is 5.82 Å². The SMILES string of the molecule is Nc1ccc(C2(C(=O)c3ccncc3F)CC2)cc1. The Morgan fingerprint density at radius 2 is 1.89 bits per heavy atom. The standard InChI is InChI=1S/C15H13FN2O/c16-13-9-18-8-5-12(13)14(19)15(6-7-15)10-1-3-11(17)4-2-10/h1-5,8-9H,6-7,17H2. The lowest BCUT2D eigenvalue weighted by Crippen LogP contribution is -2.21. The summed E-state index contributed by atoms with van der Waals surface area (Å²) in [7, 11) is 0.